The highest BCUT2D eigenvalue weighted by Crippen LogP contribution is 2.40. The van der Waals surface area contributed by atoms with Crippen LogP contribution in [0.4, 0.5) is 0 Å². The molecule has 0 spiro atoms. The van der Waals surface area contributed by atoms with E-state index >= 15 is 0 Å². The Bertz CT molecular complexity index is 1590. The summed E-state index contributed by atoms with van der Waals surface area (Å²) in [5.41, 5.74) is 3.82. The highest BCUT2D eigenvalue weighted by molar-refractivity contribution is 5.57. The fraction of sp³-hybridized carbons (Fsp3) is 0.226. The number of fused-ring (bicyclic) bond motifs is 8. The minimum absolute atomic E-state index is 0.0408. The van der Waals surface area contributed by atoms with Gasteiger partial charge in [-0.1, -0.05) is 0 Å². The average molecular weight is 531 g/mol. The van der Waals surface area contributed by atoms with Crippen molar-refractivity contribution in [2.45, 2.75) is 45.6 Å². The maximum absolute atomic E-state index is 10.9. The molecule has 4 aromatic rings. The van der Waals surface area contributed by atoms with Crippen molar-refractivity contribution in [3.05, 3.63) is 93.0 Å². The fourth-order valence-electron chi connectivity index (χ4n) is 5.00. The van der Waals surface area contributed by atoms with Crippen LogP contribution in [0, 0.1) is 0 Å². The second-order valence-electron chi connectivity index (χ2n) is 10.3. The summed E-state index contributed by atoms with van der Waals surface area (Å²) >= 11 is 0. The summed E-state index contributed by atoms with van der Waals surface area (Å²) in [6.45, 7) is 3.72. The van der Waals surface area contributed by atoms with Crippen LogP contribution < -0.4 is 4.74 Å². The number of phenolic OH excluding ortho intramolecular Hbond substituents is 7. The van der Waals surface area contributed by atoms with Crippen molar-refractivity contribution in [2.24, 2.45) is 0 Å². The summed E-state index contributed by atoms with van der Waals surface area (Å²) in [6.07, 6.45) is 0.323. The van der Waals surface area contributed by atoms with Crippen molar-refractivity contribution < 1.29 is 40.5 Å². The molecule has 0 amide bonds. The molecule has 0 heterocycles. The van der Waals surface area contributed by atoms with E-state index in [-0.39, 0.29) is 72.0 Å². The second-order valence-corrected chi connectivity index (χ2v) is 10.3. The Balaban J connectivity index is 1.75. The van der Waals surface area contributed by atoms with E-state index < -0.39 is 0 Å². The SMILES string of the molecule is CC(C)Oc1cc(O)c2cc1Cc1cc(c(O)cc1O)Cc1cc(c(O)cc1O)Cc1cc(c(O)cc1O)C2. The lowest BCUT2D eigenvalue weighted by atomic mass is 9.91. The van der Waals surface area contributed by atoms with Gasteiger partial charge < -0.3 is 40.5 Å². The molecule has 0 aliphatic heterocycles. The van der Waals surface area contributed by atoms with Gasteiger partial charge >= 0.3 is 0 Å². The van der Waals surface area contributed by atoms with Gasteiger partial charge in [-0.2, -0.15) is 0 Å². The Morgan fingerprint density at radius 2 is 0.667 bits per heavy atom. The van der Waals surface area contributed by atoms with Gasteiger partial charge in [-0.3, -0.25) is 0 Å². The lowest BCUT2D eigenvalue weighted by molar-refractivity contribution is 0.239. The predicted octanol–water partition coefficient (Wildman–Crippen LogP) is 5.09. The molecule has 0 radical (unpaired) electrons. The molecule has 0 aromatic heterocycles. The van der Waals surface area contributed by atoms with Crippen molar-refractivity contribution in [3.8, 4) is 46.0 Å². The van der Waals surface area contributed by atoms with Crippen molar-refractivity contribution in [3.63, 3.8) is 0 Å². The Morgan fingerprint density at radius 3 is 0.974 bits per heavy atom. The quantitative estimate of drug-likeness (QED) is 0.167. The van der Waals surface area contributed by atoms with E-state index in [0.717, 1.165) is 0 Å². The van der Waals surface area contributed by atoms with E-state index in [0.29, 0.717) is 50.3 Å². The third kappa shape index (κ3) is 5.18. The van der Waals surface area contributed by atoms with E-state index in [9.17, 15) is 35.7 Å². The van der Waals surface area contributed by atoms with Gasteiger partial charge in [0.15, 0.2) is 0 Å². The van der Waals surface area contributed by atoms with Crippen LogP contribution in [0.25, 0.3) is 0 Å². The molecule has 0 unspecified atom stereocenters. The van der Waals surface area contributed by atoms with Gasteiger partial charge in [-0.15, -0.1) is 0 Å². The van der Waals surface area contributed by atoms with Gasteiger partial charge in [-0.05, 0) is 82.6 Å². The van der Waals surface area contributed by atoms with E-state index in [4.69, 9.17) is 4.74 Å². The van der Waals surface area contributed by atoms with Gasteiger partial charge in [0.1, 0.15) is 46.0 Å². The zero-order valence-corrected chi connectivity index (χ0v) is 21.6. The van der Waals surface area contributed by atoms with Crippen molar-refractivity contribution in [1.82, 2.24) is 0 Å². The van der Waals surface area contributed by atoms with Crippen LogP contribution in [0.15, 0.2) is 48.5 Å². The molecule has 0 fully saturated rings. The van der Waals surface area contributed by atoms with Crippen molar-refractivity contribution >= 4 is 0 Å². The third-order valence-corrected chi connectivity index (χ3v) is 6.99. The van der Waals surface area contributed by atoms with Crippen molar-refractivity contribution in [1.29, 1.82) is 0 Å². The smallest absolute Gasteiger partial charge is 0.126 e. The van der Waals surface area contributed by atoms with Crippen LogP contribution in [0.2, 0.25) is 0 Å². The summed E-state index contributed by atoms with van der Waals surface area (Å²) in [5.74, 6) is -0.562. The normalized spacial score (nSPS) is 12.9. The largest absolute Gasteiger partial charge is 0.508 e. The molecule has 1 aliphatic rings. The van der Waals surface area contributed by atoms with Crippen LogP contribution in [0.1, 0.15) is 58.4 Å². The average Bonchev–Trinajstić information content (AvgIpc) is 2.84. The molecule has 8 heteroatoms. The molecular formula is C31H30O8. The van der Waals surface area contributed by atoms with Crippen LogP contribution in [0.3, 0.4) is 0 Å². The molecule has 0 saturated carbocycles. The summed E-state index contributed by atoms with van der Waals surface area (Å²) in [5, 5.41) is 74.5. The maximum atomic E-state index is 10.9. The molecule has 202 valence electrons. The number of ether oxygens (including phenoxy) is 1. The lowest BCUT2D eigenvalue weighted by Gasteiger charge is -2.19. The Labute approximate surface area is 225 Å². The first-order valence-corrected chi connectivity index (χ1v) is 12.6. The van der Waals surface area contributed by atoms with Gasteiger partial charge in [0.25, 0.3) is 0 Å². The summed E-state index contributed by atoms with van der Waals surface area (Å²) in [6, 6.07) is 11.8. The Morgan fingerprint density at radius 1 is 0.410 bits per heavy atom. The van der Waals surface area contributed by atoms with Crippen LogP contribution in [0.5, 0.6) is 46.0 Å². The predicted molar refractivity (Wildman–Crippen MR) is 144 cm³/mol. The molecular weight excluding hydrogens is 500 g/mol. The Kier molecular flexibility index (Phi) is 6.56. The number of hydrogen-bond donors (Lipinski definition) is 7. The first kappa shape index (κ1) is 25.9. The zero-order chi connectivity index (χ0) is 28.0. The monoisotopic (exact) mass is 530 g/mol. The Hall–Kier alpha value is -4.72. The van der Waals surface area contributed by atoms with Crippen LogP contribution in [-0.2, 0) is 25.7 Å². The molecule has 8 nitrogen and oxygen atoms in total. The third-order valence-electron chi connectivity index (χ3n) is 6.99. The molecule has 0 atom stereocenters. The topological polar surface area (TPSA) is 151 Å². The van der Waals surface area contributed by atoms with E-state index in [1.54, 1.807) is 24.3 Å². The van der Waals surface area contributed by atoms with Gasteiger partial charge in [-0.25, -0.2) is 0 Å². The van der Waals surface area contributed by atoms with Crippen LogP contribution in [-0.4, -0.2) is 41.8 Å². The first-order valence-electron chi connectivity index (χ1n) is 12.6. The van der Waals surface area contributed by atoms with Gasteiger partial charge in [0.2, 0.25) is 0 Å². The maximum Gasteiger partial charge on any atom is 0.126 e. The molecule has 4 aromatic carbocycles. The number of phenols is 7. The molecule has 0 saturated heterocycles. The minimum atomic E-state index is -0.189. The standard InChI is InChI=1S/C31H30O8/c1-15(2)39-31-14-30(38)22-8-20-6-18(26(34)12-27(20)35)4-16-3-17(25(33)11-24(16)32)5-19-7-21(9-23(31)10-22)29(37)13-28(19)36/h3,6-7,10-15,32-38H,4-5,8-9H2,1-2H3. The van der Waals surface area contributed by atoms with E-state index in [1.807, 2.05) is 13.8 Å². The highest BCUT2D eigenvalue weighted by Gasteiger charge is 2.20. The lowest BCUT2D eigenvalue weighted by Crippen LogP contribution is -2.09. The number of aromatic hydroxyl groups is 7. The fourth-order valence-corrected chi connectivity index (χ4v) is 5.00. The van der Waals surface area contributed by atoms with Crippen LogP contribution >= 0.6 is 0 Å². The first-order chi connectivity index (χ1) is 18.5. The zero-order valence-electron chi connectivity index (χ0n) is 21.6. The van der Waals surface area contributed by atoms with Gasteiger partial charge in [0, 0.05) is 49.9 Å². The molecule has 8 bridgehead atoms. The highest BCUT2D eigenvalue weighted by atomic mass is 16.5. The second kappa shape index (κ2) is 9.87. The summed E-state index contributed by atoms with van der Waals surface area (Å²) in [7, 11) is 0. The summed E-state index contributed by atoms with van der Waals surface area (Å²) < 4.78 is 5.96. The number of hydrogen-bond acceptors (Lipinski definition) is 8. The summed E-state index contributed by atoms with van der Waals surface area (Å²) in [4.78, 5) is 0. The number of benzene rings is 4. The van der Waals surface area contributed by atoms with Gasteiger partial charge in [0.05, 0.1) is 6.10 Å². The number of rotatable bonds is 2. The minimum Gasteiger partial charge on any atom is -0.508 e. The molecule has 5 rings (SSSR count). The molecule has 39 heavy (non-hydrogen) atoms. The van der Waals surface area contributed by atoms with E-state index in [2.05, 4.69) is 0 Å². The van der Waals surface area contributed by atoms with Crippen molar-refractivity contribution in [2.75, 3.05) is 0 Å². The molecule has 7 N–H and O–H groups in total. The van der Waals surface area contributed by atoms with E-state index in [1.165, 1.54) is 24.3 Å². The molecule has 1 aliphatic carbocycles.